The second-order valence-electron chi connectivity index (χ2n) is 5.76. The molecule has 2 fully saturated rings. The van der Waals surface area contributed by atoms with E-state index in [0.29, 0.717) is 5.92 Å². The van der Waals surface area contributed by atoms with Gasteiger partial charge in [-0.2, -0.15) is 0 Å². The van der Waals surface area contributed by atoms with Crippen LogP contribution in [0.3, 0.4) is 0 Å². The smallest absolute Gasteiger partial charge is 0.231 e. The predicted octanol–water partition coefficient (Wildman–Crippen LogP) is 1.36. The molecular formula is C15H19N3O2. The lowest BCUT2D eigenvalue weighted by Gasteiger charge is -2.21. The Morgan fingerprint density at radius 2 is 2.00 bits per heavy atom. The molecule has 0 radical (unpaired) electrons. The van der Waals surface area contributed by atoms with Gasteiger partial charge in [-0.25, -0.2) is 0 Å². The van der Waals surface area contributed by atoms with Gasteiger partial charge in [0.25, 0.3) is 0 Å². The van der Waals surface area contributed by atoms with E-state index >= 15 is 0 Å². The van der Waals surface area contributed by atoms with Crippen molar-refractivity contribution in [2.24, 2.45) is 16.8 Å². The minimum Gasteiger partial charge on any atom is -0.409 e. The molecule has 106 valence electrons. The highest BCUT2D eigenvalue weighted by molar-refractivity contribution is 5.96. The zero-order valence-corrected chi connectivity index (χ0v) is 11.2. The molecule has 0 bridgehead atoms. The van der Waals surface area contributed by atoms with Gasteiger partial charge in [-0.05, 0) is 37.2 Å². The third kappa shape index (κ3) is 2.24. The summed E-state index contributed by atoms with van der Waals surface area (Å²) in [5, 5.41) is 14.9. The van der Waals surface area contributed by atoms with E-state index in [1.807, 2.05) is 30.3 Å². The number of carbonyl (C=O) groups excluding carboxylic acids is 1. The van der Waals surface area contributed by atoms with E-state index in [1.165, 1.54) is 0 Å². The highest BCUT2D eigenvalue weighted by Gasteiger charge is 2.52. The third-order valence-corrected chi connectivity index (χ3v) is 4.33. The molecule has 0 heterocycles. The number of hydrogen-bond donors (Lipinski definition) is 3. The number of rotatable bonds is 5. The lowest BCUT2D eigenvalue weighted by molar-refractivity contribution is -0.124. The van der Waals surface area contributed by atoms with Gasteiger partial charge >= 0.3 is 0 Å². The van der Waals surface area contributed by atoms with Gasteiger partial charge in [-0.3, -0.25) is 4.79 Å². The Balaban J connectivity index is 1.76. The van der Waals surface area contributed by atoms with Crippen LogP contribution in [0, 0.1) is 5.92 Å². The van der Waals surface area contributed by atoms with E-state index in [-0.39, 0.29) is 17.8 Å². The number of hydrogen-bond acceptors (Lipinski definition) is 3. The first-order chi connectivity index (χ1) is 9.67. The number of benzene rings is 1. The molecule has 1 amide bonds. The van der Waals surface area contributed by atoms with Crippen LogP contribution in [0.4, 0.5) is 0 Å². The van der Waals surface area contributed by atoms with Gasteiger partial charge < -0.3 is 16.3 Å². The summed E-state index contributed by atoms with van der Waals surface area (Å²) in [6, 6.07) is 9.48. The first kappa shape index (κ1) is 13.0. The summed E-state index contributed by atoms with van der Waals surface area (Å²) in [7, 11) is 0. The van der Waals surface area contributed by atoms with Crippen molar-refractivity contribution in [2.45, 2.75) is 37.1 Å². The summed E-state index contributed by atoms with van der Waals surface area (Å²) in [6.45, 7) is 0. The maximum atomic E-state index is 12.6. The topological polar surface area (TPSA) is 87.7 Å². The van der Waals surface area contributed by atoms with Crippen molar-refractivity contribution < 1.29 is 10.0 Å². The average molecular weight is 273 g/mol. The Hall–Kier alpha value is -2.04. The van der Waals surface area contributed by atoms with Gasteiger partial charge in [0.15, 0.2) is 5.84 Å². The summed E-state index contributed by atoms with van der Waals surface area (Å²) in [6.07, 6.45) is 3.74. The molecule has 2 saturated carbocycles. The van der Waals surface area contributed by atoms with E-state index in [0.717, 1.165) is 31.2 Å². The van der Waals surface area contributed by atoms with E-state index in [1.54, 1.807) is 0 Å². The molecule has 20 heavy (non-hydrogen) atoms. The molecular weight excluding hydrogens is 254 g/mol. The molecule has 0 spiro atoms. The first-order valence-corrected chi connectivity index (χ1v) is 7.01. The Morgan fingerprint density at radius 1 is 1.35 bits per heavy atom. The zero-order valence-electron chi connectivity index (χ0n) is 11.2. The number of nitrogens with zero attached hydrogens (tertiary/aromatic N) is 1. The quantitative estimate of drug-likeness (QED) is 0.327. The molecule has 1 atom stereocenters. The number of oxime groups is 1. The van der Waals surface area contributed by atoms with Crippen molar-refractivity contribution in [1.29, 1.82) is 0 Å². The summed E-state index contributed by atoms with van der Waals surface area (Å²) in [4.78, 5) is 12.6. The molecule has 1 aromatic carbocycles. The minimum absolute atomic E-state index is 0.00722. The second-order valence-corrected chi connectivity index (χ2v) is 5.76. The lowest BCUT2D eigenvalue weighted by atomic mass is 9.94. The first-order valence-electron chi connectivity index (χ1n) is 7.01. The number of amidine groups is 1. The van der Waals surface area contributed by atoms with E-state index in [4.69, 9.17) is 10.9 Å². The molecule has 0 saturated heterocycles. The molecule has 2 aliphatic rings. The molecule has 5 heteroatoms. The molecule has 3 rings (SSSR count). The number of amides is 1. The highest BCUT2D eigenvalue weighted by Crippen LogP contribution is 2.48. The van der Waals surface area contributed by atoms with Crippen LogP contribution in [-0.4, -0.2) is 23.0 Å². The van der Waals surface area contributed by atoms with Crippen LogP contribution in [0.15, 0.2) is 35.5 Å². The van der Waals surface area contributed by atoms with Crippen LogP contribution >= 0.6 is 0 Å². The van der Waals surface area contributed by atoms with Crippen molar-refractivity contribution in [3.8, 4) is 0 Å². The number of carbonyl (C=O) groups is 1. The zero-order chi connectivity index (χ0) is 14.2. The fraction of sp³-hybridized carbons (Fsp3) is 0.467. The third-order valence-electron chi connectivity index (χ3n) is 4.33. The van der Waals surface area contributed by atoms with Crippen molar-refractivity contribution in [2.75, 3.05) is 0 Å². The van der Waals surface area contributed by atoms with Crippen molar-refractivity contribution in [3.05, 3.63) is 35.9 Å². The van der Waals surface area contributed by atoms with Crippen LogP contribution < -0.4 is 11.1 Å². The Kier molecular flexibility index (Phi) is 3.12. The van der Waals surface area contributed by atoms with Gasteiger partial charge in [0, 0.05) is 0 Å². The van der Waals surface area contributed by atoms with Crippen molar-refractivity contribution in [1.82, 2.24) is 5.32 Å². The maximum Gasteiger partial charge on any atom is 0.231 e. The molecule has 0 aromatic heterocycles. The van der Waals surface area contributed by atoms with Crippen LogP contribution in [-0.2, 0) is 10.2 Å². The lowest BCUT2D eigenvalue weighted by Crippen LogP contribution is -2.49. The van der Waals surface area contributed by atoms with Crippen molar-refractivity contribution in [3.63, 3.8) is 0 Å². The number of nitrogens with two attached hydrogens (primary N) is 1. The molecule has 1 unspecified atom stereocenters. The Bertz CT molecular complexity index is 533. The monoisotopic (exact) mass is 273 g/mol. The van der Waals surface area contributed by atoms with Crippen LogP contribution in [0.1, 0.15) is 31.2 Å². The minimum atomic E-state index is -0.413. The number of nitrogens with one attached hydrogen (secondary N) is 1. The standard InChI is InChI=1S/C15H19N3O2/c16-13(18-20)12(10-6-7-10)17-14(19)15(8-9-15)11-4-2-1-3-5-11/h1-5,10,12,20H,6-9H2,(H2,16,18)(H,17,19). The average Bonchev–Trinajstić information content (AvgIpc) is 3.38. The Labute approximate surface area is 117 Å². The van der Waals surface area contributed by atoms with Gasteiger partial charge in [0.1, 0.15) is 0 Å². The summed E-state index contributed by atoms with van der Waals surface area (Å²) >= 11 is 0. The molecule has 1 aromatic rings. The fourth-order valence-corrected chi connectivity index (χ4v) is 2.73. The van der Waals surface area contributed by atoms with E-state index in [2.05, 4.69) is 10.5 Å². The maximum absolute atomic E-state index is 12.6. The normalized spacial score (nSPS) is 22.1. The van der Waals surface area contributed by atoms with E-state index in [9.17, 15) is 4.79 Å². The van der Waals surface area contributed by atoms with E-state index < -0.39 is 5.41 Å². The molecule has 0 aliphatic heterocycles. The van der Waals surface area contributed by atoms with Gasteiger partial charge in [-0.1, -0.05) is 35.5 Å². The molecule has 4 N–H and O–H groups in total. The SMILES string of the molecule is NC(=NO)C(NC(=O)C1(c2ccccc2)CC1)C1CC1. The summed E-state index contributed by atoms with van der Waals surface area (Å²) in [5.74, 6) is 0.401. The molecule has 5 nitrogen and oxygen atoms in total. The Morgan fingerprint density at radius 3 is 2.50 bits per heavy atom. The fourth-order valence-electron chi connectivity index (χ4n) is 2.73. The predicted molar refractivity (Wildman–Crippen MR) is 75.4 cm³/mol. The van der Waals surface area contributed by atoms with Gasteiger partial charge in [0.2, 0.25) is 5.91 Å². The molecule has 2 aliphatic carbocycles. The van der Waals surface area contributed by atoms with Crippen molar-refractivity contribution >= 4 is 11.7 Å². The highest BCUT2D eigenvalue weighted by atomic mass is 16.4. The van der Waals surface area contributed by atoms with Gasteiger partial charge in [-0.15, -0.1) is 0 Å². The second kappa shape index (κ2) is 4.81. The van der Waals surface area contributed by atoms with Crippen LogP contribution in [0.25, 0.3) is 0 Å². The van der Waals surface area contributed by atoms with Gasteiger partial charge in [0.05, 0.1) is 11.5 Å². The summed E-state index contributed by atoms with van der Waals surface area (Å²) in [5.41, 5.74) is 6.33. The van der Waals surface area contributed by atoms with Crippen LogP contribution in [0.5, 0.6) is 0 Å². The largest absolute Gasteiger partial charge is 0.409 e. The van der Waals surface area contributed by atoms with Crippen LogP contribution in [0.2, 0.25) is 0 Å². The summed E-state index contributed by atoms with van der Waals surface area (Å²) < 4.78 is 0.